The van der Waals surface area contributed by atoms with Crippen LogP contribution in [0.1, 0.15) is 43.2 Å². The second-order valence-electron chi connectivity index (χ2n) is 6.02. The molecule has 2 aromatic carbocycles. The van der Waals surface area contributed by atoms with Gasteiger partial charge in [0, 0.05) is 45.2 Å². The molecule has 0 aliphatic heterocycles. The van der Waals surface area contributed by atoms with E-state index >= 15 is 0 Å². The molecule has 1 atom stereocenters. The van der Waals surface area contributed by atoms with Crippen molar-refractivity contribution >= 4 is 52.8 Å². The molecular weight excluding hydrogens is 526 g/mol. The smallest absolute Gasteiger partial charge is 0.211 e. The molecule has 0 bridgehead atoms. The van der Waals surface area contributed by atoms with Crippen LogP contribution < -0.4 is 0 Å². The second kappa shape index (κ2) is 9.08. The first-order valence-electron chi connectivity index (χ1n) is 7.99. The van der Waals surface area contributed by atoms with Crippen LogP contribution in [0.4, 0.5) is 0 Å². The Morgan fingerprint density at radius 3 is 1.92 bits per heavy atom. The van der Waals surface area contributed by atoms with Crippen LogP contribution in [0.15, 0.2) is 60.7 Å². The second-order valence-corrected chi connectivity index (χ2v) is 7.98. The van der Waals surface area contributed by atoms with Gasteiger partial charge in [0.2, 0.25) is 7.58 Å². The highest BCUT2D eigenvalue weighted by Gasteiger charge is 2.44. The molecule has 0 aliphatic carbocycles. The van der Waals surface area contributed by atoms with Gasteiger partial charge in [-0.3, -0.25) is 9.59 Å². The zero-order chi connectivity index (χ0) is 17.6. The van der Waals surface area contributed by atoms with Gasteiger partial charge in [0.15, 0.2) is 0 Å². The third kappa shape index (κ3) is 4.45. The molecule has 1 unspecified atom stereocenters. The summed E-state index contributed by atoms with van der Waals surface area (Å²) in [5.74, 6) is 0.410. The number of benzene rings is 2. The fourth-order valence-corrected chi connectivity index (χ4v) is 5.16. The lowest BCUT2D eigenvalue weighted by atomic mass is 9.78. The van der Waals surface area contributed by atoms with Gasteiger partial charge in [-0.2, -0.15) is 0 Å². The third-order valence-electron chi connectivity index (χ3n) is 4.50. The minimum atomic E-state index is -1.03. The largest absolute Gasteiger partial charge is 0.286 e. The molecule has 0 saturated heterocycles. The van der Waals surface area contributed by atoms with Crippen LogP contribution >= 0.6 is 45.2 Å². The Morgan fingerprint density at radius 2 is 1.42 bits per heavy atom. The molecule has 2 rings (SSSR count). The summed E-state index contributed by atoms with van der Waals surface area (Å²) in [6.45, 7) is 2.19. The molecule has 24 heavy (non-hydrogen) atoms. The Hall–Kier alpha value is -0.760. The van der Waals surface area contributed by atoms with E-state index in [9.17, 15) is 9.59 Å². The predicted molar refractivity (Wildman–Crippen MR) is 115 cm³/mol. The summed E-state index contributed by atoms with van der Waals surface area (Å²) < 4.78 is -0.198. The van der Waals surface area contributed by atoms with E-state index in [2.05, 4.69) is 19.1 Å². The third-order valence-corrected chi connectivity index (χ3v) is 6.34. The fraction of sp³-hybridized carbons (Fsp3) is 0.300. The van der Waals surface area contributed by atoms with E-state index in [1.807, 2.05) is 48.5 Å². The number of hydrogen-bond donors (Lipinski definition) is 0. The Balaban J connectivity index is 2.15. The highest BCUT2D eigenvalue weighted by atomic mass is 127. The van der Waals surface area contributed by atoms with Crippen molar-refractivity contribution in [3.8, 4) is 0 Å². The van der Waals surface area contributed by atoms with E-state index in [0.29, 0.717) is 12.3 Å². The molecule has 2 aromatic rings. The highest BCUT2D eigenvalue weighted by Crippen LogP contribution is 2.37. The van der Waals surface area contributed by atoms with Crippen LogP contribution in [0.25, 0.3) is 0 Å². The monoisotopic (exact) mass is 546 g/mol. The number of hydrogen-bond acceptors (Lipinski definition) is 2. The Labute approximate surface area is 170 Å². The van der Waals surface area contributed by atoms with E-state index in [1.54, 1.807) is 45.2 Å². The van der Waals surface area contributed by atoms with Crippen molar-refractivity contribution < 1.29 is 9.59 Å². The van der Waals surface area contributed by atoms with E-state index in [0.717, 1.165) is 18.4 Å². The maximum Gasteiger partial charge on any atom is 0.211 e. The maximum atomic E-state index is 12.4. The molecule has 4 heteroatoms. The lowest BCUT2D eigenvalue weighted by Gasteiger charge is -2.28. The first-order chi connectivity index (χ1) is 11.5. The molecule has 0 fully saturated rings. The van der Waals surface area contributed by atoms with Gasteiger partial charge < -0.3 is 0 Å². The van der Waals surface area contributed by atoms with Gasteiger partial charge in [-0.05, 0) is 29.9 Å². The molecule has 0 amide bonds. The van der Waals surface area contributed by atoms with Crippen molar-refractivity contribution in [3.05, 3.63) is 71.8 Å². The van der Waals surface area contributed by atoms with Crippen molar-refractivity contribution in [2.75, 3.05) is 0 Å². The molecule has 0 N–H and O–H groups in total. The topological polar surface area (TPSA) is 34.1 Å². The van der Waals surface area contributed by atoms with Gasteiger partial charge in [0.25, 0.3) is 0 Å². The average Bonchev–Trinajstić information content (AvgIpc) is 2.59. The SMILES string of the molecule is CC(CCCC(C(=O)I)(C(=O)I)c1ccccc1)c1ccccc1. The standard InChI is InChI=1S/C20H20I2O2/c1-15(16-10-4-2-5-11-16)9-8-14-20(18(21)23,19(22)24)17-12-6-3-7-13-17/h2-7,10-13,15H,8-9,14H2,1H3. The van der Waals surface area contributed by atoms with Crippen LogP contribution in [0.3, 0.4) is 0 Å². The van der Waals surface area contributed by atoms with Gasteiger partial charge >= 0.3 is 0 Å². The molecule has 0 radical (unpaired) electrons. The molecule has 0 aromatic heterocycles. The molecule has 126 valence electrons. The lowest BCUT2D eigenvalue weighted by molar-refractivity contribution is -0.123. The number of carbonyl (C=O) groups excluding carboxylic acids is 2. The normalized spacial score (nSPS) is 12.6. The number of rotatable bonds is 8. The van der Waals surface area contributed by atoms with Crippen LogP contribution in [0, 0.1) is 0 Å². The van der Waals surface area contributed by atoms with Crippen molar-refractivity contribution in [1.82, 2.24) is 0 Å². The van der Waals surface area contributed by atoms with Gasteiger partial charge in [-0.15, -0.1) is 0 Å². The fourth-order valence-electron chi connectivity index (χ4n) is 2.99. The van der Waals surface area contributed by atoms with Gasteiger partial charge in [0.05, 0.1) is 0 Å². The summed E-state index contributed by atoms with van der Waals surface area (Å²) in [4.78, 5) is 24.8. The summed E-state index contributed by atoms with van der Waals surface area (Å²) in [5, 5.41) is 0. The van der Waals surface area contributed by atoms with E-state index < -0.39 is 5.41 Å². The maximum absolute atomic E-state index is 12.4. The van der Waals surface area contributed by atoms with Crippen LogP contribution in [0.2, 0.25) is 0 Å². The molecule has 2 nitrogen and oxygen atoms in total. The zero-order valence-corrected chi connectivity index (χ0v) is 17.9. The summed E-state index contributed by atoms with van der Waals surface area (Å²) in [6, 6.07) is 19.8. The summed E-state index contributed by atoms with van der Waals surface area (Å²) in [6.07, 6.45) is 2.33. The van der Waals surface area contributed by atoms with Crippen LogP contribution in [-0.4, -0.2) is 7.58 Å². The minimum Gasteiger partial charge on any atom is -0.286 e. The van der Waals surface area contributed by atoms with Crippen LogP contribution in [0.5, 0.6) is 0 Å². The quantitative estimate of drug-likeness (QED) is 0.238. The van der Waals surface area contributed by atoms with Gasteiger partial charge in [-0.1, -0.05) is 74.0 Å². The summed E-state index contributed by atoms with van der Waals surface area (Å²) >= 11 is 3.56. The van der Waals surface area contributed by atoms with Crippen molar-refractivity contribution in [1.29, 1.82) is 0 Å². The average molecular weight is 546 g/mol. The zero-order valence-electron chi connectivity index (χ0n) is 13.5. The highest BCUT2D eigenvalue weighted by molar-refractivity contribution is 14.1. The molecular formula is C20H20I2O2. The molecule has 0 heterocycles. The first kappa shape index (κ1) is 19.6. The van der Waals surface area contributed by atoms with Gasteiger partial charge in [0.1, 0.15) is 5.41 Å². The number of halogens is 2. The molecule has 0 aliphatic rings. The van der Waals surface area contributed by atoms with E-state index in [-0.39, 0.29) is 7.58 Å². The Kier molecular flexibility index (Phi) is 7.40. The van der Waals surface area contributed by atoms with Gasteiger partial charge in [-0.25, -0.2) is 0 Å². The van der Waals surface area contributed by atoms with Crippen molar-refractivity contribution in [2.24, 2.45) is 0 Å². The first-order valence-corrected chi connectivity index (χ1v) is 10.1. The Bertz CT molecular complexity index is 669. The van der Waals surface area contributed by atoms with Crippen molar-refractivity contribution in [3.63, 3.8) is 0 Å². The lowest BCUT2D eigenvalue weighted by Crippen LogP contribution is -2.38. The predicted octanol–water partition coefficient (Wildman–Crippen LogP) is 5.82. The minimum absolute atomic E-state index is 0.0990. The summed E-state index contributed by atoms with van der Waals surface area (Å²) in [7, 11) is 0. The molecule has 0 saturated carbocycles. The Morgan fingerprint density at radius 1 is 0.917 bits per heavy atom. The van der Waals surface area contributed by atoms with E-state index in [1.165, 1.54) is 5.56 Å². The van der Waals surface area contributed by atoms with Crippen LogP contribution in [-0.2, 0) is 15.0 Å². The number of carbonyl (C=O) groups is 2. The molecule has 0 spiro atoms. The van der Waals surface area contributed by atoms with E-state index in [4.69, 9.17) is 0 Å². The van der Waals surface area contributed by atoms with Crippen molar-refractivity contribution in [2.45, 2.75) is 37.5 Å². The summed E-state index contributed by atoms with van der Waals surface area (Å²) in [5.41, 5.74) is 1.07.